The summed E-state index contributed by atoms with van der Waals surface area (Å²) in [5.74, 6) is -0.207. The van der Waals surface area contributed by atoms with Crippen molar-refractivity contribution in [3.63, 3.8) is 0 Å². The Morgan fingerprint density at radius 1 is 1.21 bits per heavy atom. The molecule has 1 saturated heterocycles. The SMILES string of the molecule is Cl.Nc1ccc(N2CCCC2)c(F)c1. The topological polar surface area (TPSA) is 29.3 Å². The van der Waals surface area contributed by atoms with Crippen LogP contribution < -0.4 is 10.6 Å². The third-order valence-corrected chi connectivity index (χ3v) is 2.42. The maximum Gasteiger partial charge on any atom is 0.148 e. The van der Waals surface area contributed by atoms with Crippen molar-refractivity contribution in [3.8, 4) is 0 Å². The first-order valence-electron chi connectivity index (χ1n) is 4.57. The van der Waals surface area contributed by atoms with Crippen molar-refractivity contribution >= 4 is 23.8 Å². The molecule has 4 heteroatoms. The smallest absolute Gasteiger partial charge is 0.148 e. The average molecular weight is 217 g/mol. The fourth-order valence-corrected chi connectivity index (χ4v) is 1.74. The molecule has 1 aromatic carbocycles. The summed E-state index contributed by atoms with van der Waals surface area (Å²) in [6.07, 6.45) is 2.31. The number of rotatable bonds is 1. The van der Waals surface area contributed by atoms with Gasteiger partial charge in [0.05, 0.1) is 5.69 Å². The Balaban J connectivity index is 0.000000980. The second-order valence-corrected chi connectivity index (χ2v) is 3.41. The molecule has 2 nitrogen and oxygen atoms in total. The Bertz CT molecular complexity index is 311. The highest BCUT2D eigenvalue weighted by Crippen LogP contribution is 2.24. The van der Waals surface area contributed by atoms with Gasteiger partial charge in [0.15, 0.2) is 0 Å². The predicted molar refractivity (Wildman–Crippen MR) is 59.5 cm³/mol. The fourth-order valence-electron chi connectivity index (χ4n) is 1.74. The molecule has 0 amide bonds. The molecule has 0 aliphatic carbocycles. The van der Waals surface area contributed by atoms with E-state index < -0.39 is 0 Å². The number of nitrogen functional groups attached to an aromatic ring is 1. The van der Waals surface area contributed by atoms with Gasteiger partial charge in [-0.25, -0.2) is 4.39 Å². The lowest BCUT2D eigenvalue weighted by atomic mass is 10.2. The molecule has 78 valence electrons. The van der Waals surface area contributed by atoms with E-state index in [4.69, 9.17) is 5.73 Å². The zero-order valence-corrected chi connectivity index (χ0v) is 8.69. The molecule has 2 N–H and O–H groups in total. The maximum absolute atomic E-state index is 13.4. The fraction of sp³-hybridized carbons (Fsp3) is 0.400. The van der Waals surface area contributed by atoms with Gasteiger partial charge in [0.2, 0.25) is 0 Å². The molecule has 14 heavy (non-hydrogen) atoms. The van der Waals surface area contributed by atoms with Crippen LogP contribution in [0.25, 0.3) is 0 Å². The minimum atomic E-state index is -0.207. The number of nitrogens with zero attached hydrogens (tertiary/aromatic N) is 1. The normalized spacial score (nSPS) is 15.4. The molecule has 1 aromatic rings. The van der Waals surface area contributed by atoms with Crippen molar-refractivity contribution in [1.82, 2.24) is 0 Å². The van der Waals surface area contributed by atoms with E-state index in [-0.39, 0.29) is 18.2 Å². The van der Waals surface area contributed by atoms with Crippen LogP contribution in [0.15, 0.2) is 18.2 Å². The molecule has 0 spiro atoms. The molecule has 0 atom stereocenters. The summed E-state index contributed by atoms with van der Waals surface area (Å²) < 4.78 is 13.4. The first-order chi connectivity index (χ1) is 6.27. The summed E-state index contributed by atoms with van der Waals surface area (Å²) in [6.45, 7) is 1.92. The minimum Gasteiger partial charge on any atom is -0.399 e. The molecular weight excluding hydrogens is 203 g/mol. The quantitative estimate of drug-likeness (QED) is 0.731. The van der Waals surface area contributed by atoms with Crippen molar-refractivity contribution in [2.45, 2.75) is 12.8 Å². The Labute approximate surface area is 89.3 Å². The van der Waals surface area contributed by atoms with E-state index in [2.05, 4.69) is 4.90 Å². The lowest BCUT2D eigenvalue weighted by Gasteiger charge is -2.18. The maximum atomic E-state index is 13.4. The first kappa shape index (κ1) is 11.1. The lowest BCUT2D eigenvalue weighted by Crippen LogP contribution is -2.18. The minimum absolute atomic E-state index is 0. The van der Waals surface area contributed by atoms with Gasteiger partial charge in [0, 0.05) is 18.8 Å². The molecule has 2 rings (SSSR count). The Morgan fingerprint density at radius 2 is 1.86 bits per heavy atom. The standard InChI is InChI=1S/C10H13FN2.ClH/c11-9-7-8(12)3-4-10(9)13-5-1-2-6-13;/h3-4,7H,1-2,5-6,12H2;1H. The van der Waals surface area contributed by atoms with Gasteiger partial charge in [-0.2, -0.15) is 0 Å². The molecule has 1 aliphatic heterocycles. The zero-order valence-electron chi connectivity index (χ0n) is 7.87. The van der Waals surface area contributed by atoms with Crippen LogP contribution in [0.3, 0.4) is 0 Å². The molecule has 1 aliphatic rings. The van der Waals surface area contributed by atoms with Crippen molar-refractivity contribution in [2.24, 2.45) is 0 Å². The molecule has 0 bridgehead atoms. The van der Waals surface area contributed by atoms with Crippen LogP contribution in [0, 0.1) is 5.82 Å². The van der Waals surface area contributed by atoms with Crippen LogP contribution >= 0.6 is 12.4 Å². The highest BCUT2D eigenvalue weighted by Gasteiger charge is 2.15. The third kappa shape index (κ3) is 2.10. The average Bonchev–Trinajstić information content (AvgIpc) is 2.56. The van der Waals surface area contributed by atoms with E-state index in [0.717, 1.165) is 25.9 Å². The number of benzene rings is 1. The summed E-state index contributed by atoms with van der Waals surface area (Å²) in [4.78, 5) is 2.06. The van der Waals surface area contributed by atoms with E-state index >= 15 is 0 Å². The highest BCUT2D eigenvalue weighted by atomic mass is 35.5. The number of hydrogen-bond acceptors (Lipinski definition) is 2. The second kappa shape index (κ2) is 4.51. The van der Waals surface area contributed by atoms with Gasteiger partial charge >= 0.3 is 0 Å². The zero-order chi connectivity index (χ0) is 9.26. The van der Waals surface area contributed by atoms with Gasteiger partial charge in [0.25, 0.3) is 0 Å². The van der Waals surface area contributed by atoms with Crippen LogP contribution in [0.1, 0.15) is 12.8 Å². The van der Waals surface area contributed by atoms with E-state index in [9.17, 15) is 4.39 Å². The highest BCUT2D eigenvalue weighted by molar-refractivity contribution is 5.85. The second-order valence-electron chi connectivity index (χ2n) is 3.41. The van der Waals surface area contributed by atoms with Gasteiger partial charge < -0.3 is 10.6 Å². The van der Waals surface area contributed by atoms with E-state index in [1.807, 2.05) is 0 Å². The van der Waals surface area contributed by atoms with Crippen molar-refractivity contribution in [1.29, 1.82) is 0 Å². The summed E-state index contributed by atoms with van der Waals surface area (Å²) >= 11 is 0. The summed E-state index contributed by atoms with van der Waals surface area (Å²) in [6, 6.07) is 4.89. The van der Waals surface area contributed by atoms with Crippen LogP contribution in [-0.4, -0.2) is 13.1 Å². The molecule has 1 heterocycles. The van der Waals surface area contributed by atoms with Crippen molar-refractivity contribution < 1.29 is 4.39 Å². The van der Waals surface area contributed by atoms with Gasteiger partial charge in [-0.05, 0) is 31.0 Å². The van der Waals surface area contributed by atoms with Crippen LogP contribution in [0.4, 0.5) is 15.8 Å². The molecule has 0 radical (unpaired) electrons. The van der Waals surface area contributed by atoms with E-state index in [1.54, 1.807) is 12.1 Å². The van der Waals surface area contributed by atoms with Gasteiger partial charge in [-0.15, -0.1) is 12.4 Å². The van der Waals surface area contributed by atoms with Gasteiger partial charge in [-0.1, -0.05) is 0 Å². The van der Waals surface area contributed by atoms with Crippen molar-refractivity contribution in [2.75, 3.05) is 23.7 Å². The Kier molecular flexibility index (Phi) is 3.58. The molecule has 1 fully saturated rings. The number of halogens is 2. The summed E-state index contributed by atoms with van der Waals surface area (Å²) in [7, 11) is 0. The number of nitrogens with two attached hydrogens (primary N) is 1. The Hall–Kier alpha value is -0.960. The van der Waals surface area contributed by atoms with Crippen LogP contribution in [0.5, 0.6) is 0 Å². The van der Waals surface area contributed by atoms with E-state index in [0.29, 0.717) is 11.4 Å². The van der Waals surface area contributed by atoms with Gasteiger partial charge in [-0.3, -0.25) is 0 Å². The van der Waals surface area contributed by atoms with Gasteiger partial charge in [0.1, 0.15) is 5.82 Å². The monoisotopic (exact) mass is 216 g/mol. The molecule has 0 aromatic heterocycles. The first-order valence-corrected chi connectivity index (χ1v) is 4.57. The number of hydrogen-bond donors (Lipinski definition) is 1. The number of anilines is 2. The summed E-state index contributed by atoms with van der Waals surface area (Å²) in [5.41, 5.74) is 6.64. The largest absolute Gasteiger partial charge is 0.399 e. The Morgan fingerprint density at radius 3 is 2.43 bits per heavy atom. The molecular formula is C10H14ClFN2. The van der Waals surface area contributed by atoms with Crippen LogP contribution in [-0.2, 0) is 0 Å². The molecule has 0 unspecified atom stereocenters. The lowest BCUT2D eigenvalue weighted by molar-refractivity contribution is 0.624. The molecule has 0 saturated carbocycles. The predicted octanol–water partition coefficient (Wildman–Crippen LogP) is 2.43. The van der Waals surface area contributed by atoms with Crippen molar-refractivity contribution in [3.05, 3.63) is 24.0 Å². The van der Waals surface area contributed by atoms with E-state index in [1.165, 1.54) is 6.07 Å². The van der Waals surface area contributed by atoms with Crippen LogP contribution in [0.2, 0.25) is 0 Å². The summed E-state index contributed by atoms with van der Waals surface area (Å²) in [5, 5.41) is 0. The third-order valence-electron chi connectivity index (χ3n) is 2.42.